The molecule has 0 saturated carbocycles. The second-order valence-electron chi connectivity index (χ2n) is 8.17. The third-order valence-corrected chi connectivity index (χ3v) is 7.09. The van der Waals surface area contributed by atoms with Crippen molar-refractivity contribution < 1.29 is 4.79 Å². The molecule has 0 spiro atoms. The number of benzene rings is 3. The number of aryl methyl sites for hydroxylation is 2. The summed E-state index contributed by atoms with van der Waals surface area (Å²) in [6.07, 6.45) is 0. The monoisotopic (exact) mass is 525 g/mol. The fourth-order valence-corrected chi connectivity index (χ4v) is 4.78. The van der Waals surface area contributed by atoms with E-state index in [0.29, 0.717) is 26.7 Å². The summed E-state index contributed by atoms with van der Waals surface area (Å²) in [5.41, 5.74) is 4.61. The van der Waals surface area contributed by atoms with E-state index in [9.17, 15) is 4.79 Å². The van der Waals surface area contributed by atoms with Gasteiger partial charge in [-0.3, -0.25) is 4.57 Å². The zero-order valence-electron chi connectivity index (χ0n) is 19.5. The molecule has 1 unspecified atom stereocenters. The van der Waals surface area contributed by atoms with E-state index in [2.05, 4.69) is 33.0 Å². The highest BCUT2D eigenvalue weighted by atomic mass is 35.5. The van der Waals surface area contributed by atoms with E-state index in [1.807, 2.05) is 73.9 Å². The molecule has 180 valence electrons. The highest BCUT2D eigenvalue weighted by Crippen LogP contribution is 2.30. The first-order valence-corrected chi connectivity index (χ1v) is 12.8. The molecule has 3 aromatic carbocycles. The van der Waals surface area contributed by atoms with Crippen LogP contribution in [-0.2, 0) is 5.75 Å². The molecule has 2 amide bonds. The van der Waals surface area contributed by atoms with Crippen molar-refractivity contribution in [2.24, 2.45) is 0 Å². The number of nitrogens with one attached hydrogen (secondary N) is 2. The molecule has 2 N–H and O–H groups in total. The average Bonchev–Trinajstić information content (AvgIpc) is 3.26. The molecule has 0 aliphatic heterocycles. The van der Waals surface area contributed by atoms with Crippen molar-refractivity contribution >= 4 is 46.7 Å². The number of urea groups is 1. The number of amides is 2. The van der Waals surface area contributed by atoms with Gasteiger partial charge in [0.25, 0.3) is 0 Å². The summed E-state index contributed by atoms with van der Waals surface area (Å²) in [6, 6.07) is 20.4. The fourth-order valence-electron chi connectivity index (χ4n) is 3.53. The summed E-state index contributed by atoms with van der Waals surface area (Å²) in [4.78, 5) is 12.7. The predicted octanol–water partition coefficient (Wildman–Crippen LogP) is 7.37. The number of halogens is 2. The number of nitrogens with zero attached hydrogens (tertiary/aromatic N) is 3. The minimum absolute atomic E-state index is 0.367. The standard InChI is InChI=1S/C26H25Cl2N5OS/c1-16-10-12-21(14-22(16)28)30-25(34)29-18(3)24-31-32-26(35-15-19-7-5-4-6-8-19)33(24)23-13-20(27)11-9-17(23)2/h4-14,18H,15H2,1-3H3,(H2,29,30,34). The predicted molar refractivity (Wildman–Crippen MR) is 144 cm³/mol. The Morgan fingerprint density at radius 2 is 1.74 bits per heavy atom. The number of carbonyl (C=O) groups excluding carboxylic acids is 1. The van der Waals surface area contributed by atoms with E-state index in [-0.39, 0.29) is 6.03 Å². The summed E-state index contributed by atoms with van der Waals surface area (Å²) in [5, 5.41) is 16.6. The topological polar surface area (TPSA) is 71.8 Å². The van der Waals surface area contributed by atoms with E-state index in [0.717, 1.165) is 22.6 Å². The molecule has 35 heavy (non-hydrogen) atoms. The number of carbonyl (C=O) groups is 1. The maximum absolute atomic E-state index is 12.7. The Labute approximate surface area is 219 Å². The van der Waals surface area contributed by atoms with E-state index >= 15 is 0 Å². The number of hydrogen-bond acceptors (Lipinski definition) is 4. The van der Waals surface area contributed by atoms with Gasteiger partial charge in [0.1, 0.15) is 0 Å². The summed E-state index contributed by atoms with van der Waals surface area (Å²) in [5.74, 6) is 1.33. The maximum Gasteiger partial charge on any atom is 0.319 e. The van der Waals surface area contributed by atoms with Gasteiger partial charge in [-0.2, -0.15) is 0 Å². The van der Waals surface area contributed by atoms with Crippen molar-refractivity contribution in [3.05, 3.63) is 99.3 Å². The quantitative estimate of drug-likeness (QED) is 0.247. The third-order valence-electron chi connectivity index (χ3n) is 5.45. The first-order chi connectivity index (χ1) is 16.8. The molecule has 9 heteroatoms. The van der Waals surface area contributed by atoms with Gasteiger partial charge in [-0.15, -0.1) is 10.2 Å². The van der Waals surface area contributed by atoms with Gasteiger partial charge in [0, 0.05) is 21.5 Å². The Hall–Kier alpha value is -3.00. The number of thioether (sulfide) groups is 1. The lowest BCUT2D eigenvalue weighted by molar-refractivity contribution is 0.249. The van der Waals surface area contributed by atoms with Crippen molar-refractivity contribution in [1.82, 2.24) is 20.1 Å². The van der Waals surface area contributed by atoms with Gasteiger partial charge >= 0.3 is 6.03 Å². The van der Waals surface area contributed by atoms with E-state index < -0.39 is 6.04 Å². The lowest BCUT2D eigenvalue weighted by atomic mass is 10.2. The van der Waals surface area contributed by atoms with Crippen LogP contribution in [0.15, 0.2) is 71.9 Å². The Morgan fingerprint density at radius 1 is 1.00 bits per heavy atom. The van der Waals surface area contributed by atoms with Crippen LogP contribution in [0.1, 0.15) is 35.5 Å². The van der Waals surface area contributed by atoms with Gasteiger partial charge in [0.15, 0.2) is 11.0 Å². The third kappa shape index (κ3) is 6.17. The second-order valence-corrected chi connectivity index (χ2v) is 9.95. The molecule has 4 aromatic rings. The highest BCUT2D eigenvalue weighted by molar-refractivity contribution is 7.98. The maximum atomic E-state index is 12.7. The molecule has 4 rings (SSSR count). The van der Waals surface area contributed by atoms with Crippen molar-refractivity contribution in [2.75, 3.05) is 5.32 Å². The Balaban J connectivity index is 1.60. The fraction of sp³-hybridized carbons (Fsp3) is 0.192. The second kappa shape index (κ2) is 11.2. The van der Waals surface area contributed by atoms with E-state index in [1.54, 1.807) is 17.8 Å². The Kier molecular flexibility index (Phi) is 8.00. The normalized spacial score (nSPS) is 11.8. The largest absolute Gasteiger partial charge is 0.328 e. The Bertz CT molecular complexity index is 1340. The van der Waals surface area contributed by atoms with Crippen LogP contribution < -0.4 is 10.6 Å². The van der Waals surface area contributed by atoms with Crippen molar-refractivity contribution in [2.45, 2.75) is 37.7 Å². The molecule has 0 radical (unpaired) electrons. The molecule has 0 aliphatic rings. The molecule has 1 atom stereocenters. The number of anilines is 1. The minimum Gasteiger partial charge on any atom is -0.328 e. The van der Waals surface area contributed by atoms with Crippen LogP contribution >= 0.6 is 35.0 Å². The van der Waals surface area contributed by atoms with Crippen LogP contribution in [0.25, 0.3) is 5.69 Å². The minimum atomic E-state index is -0.437. The van der Waals surface area contributed by atoms with Crippen molar-refractivity contribution in [3.8, 4) is 5.69 Å². The average molecular weight is 526 g/mol. The van der Waals surface area contributed by atoms with Gasteiger partial charge < -0.3 is 10.6 Å². The molecule has 0 aliphatic carbocycles. The Morgan fingerprint density at radius 3 is 2.49 bits per heavy atom. The first kappa shape index (κ1) is 25.1. The zero-order chi connectivity index (χ0) is 24.9. The van der Waals surface area contributed by atoms with E-state index in [4.69, 9.17) is 23.2 Å². The van der Waals surface area contributed by atoms with Crippen LogP contribution in [0.3, 0.4) is 0 Å². The lowest BCUT2D eigenvalue weighted by Gasteiger charge is -2.18. The van der Waals surface area contributed by atoms with Gasteiger partial charge in [0.05, 0.1) is 11.7 Å². The van der Waals surface area contributed by atoms with Crippen LogP contribution in [0.4, 0.5) is 10.5 Å². The zero-order valence-corrected chi connectivity index (χ0v) is 21.9. The van der Waals surface area contributed by atoms with Crippen molar-refractivity contribution in [3.63, 3.8) is 0 Å². The van der Waals surface area contributed by atoms with Gasteiger partial charge in [-0.05, 0) is 61.7 Å². The smallest absolute Gasteiger partial charge is 0.319 e. The van der Waals surface area contributed by atoms with Gasteiger partial charge in [-0.1, -0.05) is 77.4 Å². The van der Waals surface area contributed by atoms with E-state index in [1.165, 1.54) is 5.56 Å². The molecule has 1 aromatic heterocycles. The summed E-state index contributed by atoms with van der Waals surface area (Å²) in [6.45, 7) is 5.78. The summed E-state index contributed by atoms with van der Waals surface area (Å²) >= 11 is 14.1. The molecule has 0 bridgehead atoms. The molecule has 0 fully saturated rings. The van der Waals surface area contributed by atoms with Crippen LogP contribution in [-0.4, -0.2) is 20.8 Å². The molecule has 1 heterocycles. The highest BCUT2D eigenvalue weighted by Gasteiger charge is 2.22. The molecule has 6 nitrogen and oxygen atoms in total. The van der Waals surface area contributed by atoms with Gasteiger partial charge in [-0.25, -0.2) is 4.79 Å². The van der Waals surface area contributed by atoms with Gasteiger partial charge in [0.2, 0.25) is 0 Å². The van der Waals surface area contributed by atoms with Crippen LogP contribution in [0, 0.1) is 13.8 Å². The summed E-state index contributed by atoms with van der Waals surface area (Å²) in [7, 11) is 0. The SMILES string of the molecule is Cc1ccc(NC(=O)NC(C)c2nnc(SCc3ccccc3)n2-c2cc(Cl)ccc2C)cc1Cl. The number of rotatable bonds is 7. The summed E-state index contributed by atoms with van der Waals surface area (Å²) < 4.78 is 1.96. The molecule has 0 saturated heterocycles. The van der Waals surface area contributed by atoms with Crippen LogP contribution in [0.5, 0.6) is 0 Å². The molecular weight excluding hydrogens is 501 g/mol. The lowest BCUT2D eigenvalue weighted by Crippen LogP contribution is -2.32. The van der Waals surface area contributed by atoms with Crippen molar-refractivity contribution in [1.29, 1.82) is 0 Å². The molecular formula is C26H25Cl2N5OS. The number of aromatic nitrogens is 3. The first-order valence-electron chi connectivity index (χ1n) is 11.0. The number of hydrogen-bond donors (Lipinski definition) is 2. The van der Waals surface area contributed by atoms with Crippen LogP contribution in [0.2, 0.25) is 10.0 Å².